The number of hydrogen-bond donors (Lipinski definition) is 0. The average molecular weight is 352 g/mol. The number of rotatable bonds is 3. The Hall–Kier alpha value is -2.45. The second-order valence-corrected chi connectivity index (χ2v) is 6.13. The van der Waals surface area contributed by atoms with Gasteiger partial charge in [-0.25, -0.2) is 15.0 Å². The van der Waals surface area contributed by atoms with Gasteiger partial charge in [0.15, 0.2) is 0 Å². The van der Waals surface area contributed by atoms with Crippen LogP contribution in [0.4, 0.5) is 24.8 Å². The Bertz CT molecular complexity index is 736. The molecule has 0 aliphatic carbocycles. The Morgan fingerprint density at radius 1 is 1.24 bits per heavy atom. The van der Waals surface area contributed by atoms with Gasteiger partial charge in [-0.15, -0.1) is 0 Å². The van der Waals surface area contributed by atoms with Crippen LogP contribution in [-0.2, 0) is 6.18 Å². The van der Waals surface area contributed by atoms with Crippen molar-refractivity contribution in [2.24, 2.45) is 0 Å². The van der Waals surface area contributed by atoms with Crippen LogP contribution in [0, 0.1) is 6.92 Å². The lowest BCUT2D eigenvalue weighted by Crippen LogP contribution is -2.47. The molecule has 0 aromatic carbocycles. The van der Waals surface area contributed by atoms with Gasteiger partial charge >= 0.3 is 6.18 Å². The maximum absolute atomic E-state index is 12.9. The zero-order valence-corrected chi connectivity index (χ0v) is 14.0. The minimum Gasteiger partial charge on any atom is -0.355 e. The van der Waals surface area contributed by atoms with Gasteiger partial charge in [-0.1, -0.05) is 0 Å². The lowest BCUT2D eigenvalue weighted by Gasteiger charge is -2.38. The number of nitrogens with zero attached hydrogens (tertiary/aromatic N) is 6. The summed E-state index contributed by atoms with van der Waals surface area (Å²) in [5, 5.41) is 0. The van der Waals surface area contributed by atoms with E-state index in [-0.39, 0.29) is 11.9 Å². The van der Waals surface area contributed by atoms with Crippen molar-refractivity contribution in [3.8, 4) is 0 Å². The van der Waals surface area contributed by atoms with Gasteiger partial charge in [-0.05, 0) is 19.8 Å². The first-order valence-electron chi connectivity index (χ1n) is 8.00. The summed E-state index contributed by atoms with van der Waals surface area (Å²) in [6.07, 6.45) is 1.67. The van der Waals surface area contributed by atoms with Gasteiger partial charge < -0.3 is 9.80 Å². The van der Waals surface area contributed by atoms with Gasteiger partial charge in [0.25, 0.3) is 0 Å². The highest BCUT2D eigenvalue weighted by Crippen LogP contribution is 2.30. The SMILES string of the molecule is Cc1cncc(N2CCCC(N(C)c3cc(C(F)(F)F)ncn3)C2)n1. The number of hydrogen-bond acceptors (Lipinski definition) is 6. The first kappa shape index (κ1) is 17.4. The molecular formula is C16H19F3N6. The lowest BCUT2D eigenvalue weighted by atomic mass is 10.0. The zero-order valence-electron chi connectivity index (χ0n) is 14.0. The van der Waals surface area contributed by atoms with Crippen LogP contribution in [0.15, 0.2) is 24.8 Å². The van der Waals surface area contributed by atoms with Gasteiger partial charge in [0, 0.05) is 38.4 Å². The third-order valence-electron chi connectivity index (χ3n) is 4.31. The van der Waals surface area contributed by atoms with Crippen LogP contribution in [-0.4, -0.2) is 46.1 Å². The standard InChI is InChI=1S/C16H19F3N6/c1-11-7-20-8-15(23-11)25-5-3-4-12(9-25)24(2)14-6-13(16(17,18)19)21-10-22-14/h6-8,10,12H,3-5,9H2,1-2H3. The number of alkyl halides is 3. The first-order chi connectivity index (χ1) is 11.8. The first-order valence-corrected chi connectivity index (χ1v) is 8.00. The summed E-state index contributed by atoms with van der Waals surface area (Å²) in [5.74, 6) is 1.06. The minimum absolute atomic E-state index is 0.0343. The van der Waals surface area contributed by atoms with E-state index in [2.05, 4.69) is 24.8 Å². The number of piperidine rings is 1. The normalized spacial score (nSPS) is 18.3. The van der Waals surface area contributed by atoms with E-state index in [9.17, 15) is 13.2 Å². The van der Waals surface area contributed by atoms with Gasteiger partial charge in [-0.3, -0.25) is 4.98 Å². The molecule has 134 valence electrons. The molecule has 1 saturated heterocycles. The van der Waals surface area contributed by atoms with Crippen LogP contribution in [0.1, 0.15) is 24.2 Å². The lowest BCUT2D eigenvalue weighted by molar-refractivity contribution is -0.141. The summed E-state index contributed by atoms with van der Waals surface area (Å²) in [4.78, 5) is 19.9. The van der Waals surface area contributed by atoms with Crippen molar-refractivity contribution in [2.75, 3.05) is 29.9 Å². The monoisotopic (exact) mass is 352 g/mol. The van der Waals surface area contributed by atoms with E-state index >= 15 is 0 Å². The third-order valence-corrected chi connectivity index (χ3v) is 4.31. The largest absolute Gasteiger partial charge is 0.433 e. The molecule has 0 saturated carbocycles. The van der Waals surface area contributed by atoms with Gasteiger partial charge in [0.05, 0.1) is 11.9 Å². The van der Waals surface area contributed by atoms with Crippen LogP contribution < -0.4 is 9.80 Å². The molecule has 1 unspecified atom stereocenters. The quantitative estimate of drug-likeness (QED) is 0.847. The molecule has 1 aliphatic rings. The molecule has 9 heteroatoms. The molecule has 25 heavy (non-hydrogen) atoms. The summed E-state index contributed by atoms with van der Waals surface area (Å²) in [6, 6.07) is 1.03. The van der Waals surface area contributed by atoms with Crippen molar-refractivity contribution < 1.29 is 13.2 Å². The average Bonchev–Trinajstić information content (AvgIpc) is 2.60. The van der Waals surface area contributed by atoms with Gasteiger partial charge in [-0.2, -0.15) is 13.2 Å². The van der Waals surface area contributed by atoms with Crippen LogP contribution >= 0.6 is 0 Å². The fraction of sp³-hybridized carbons (Fsp3) is 0.500. The van der Waals surface area contributed by atoms with Crippen molar-refractivity contribution in [1.82, 2.24) is 19.9 Å². The molecule has 0 bridgehead atoms. The Kier molecular flexibility index (Phi) is 4.73. The predicted molar refractivity (Wildman–Crippen MR) is 87.4 cm³/mol. The van der Waals surface area contributed by atoms with Crippen molar-refractivity contribution >= 4 is 11.6 Å². The number of aromatic nitrogens is 4. The Morgan fingerprint density at radius 3 is 2.76 bits per heavy atom. The van der Waals surface area contributed by atoms with E-state index in [1.807, 2.05) is 6.92 Å². The molecule has 3 heterocycles. The van der Waals surface area contributed by atoms with Crippen molar-refractivity contribution in [3.63, 3.8) is 0 Å². The highest BCUT2D eigenvalue weighted by Gasteiger charge is 2.34. The summed E-state index contributed by atoms with van der Waals surface area (Å²) in [5.41, 5.74) is -0.0971. The fourth-order valence-electron chi connectivity index (χ4n) is 2.96. The molecule has 0 N–H and O–H groups in total. The fourth-order valence-corrected chi connectivity index (χ4v) is 2.96. The van der Waals surface area contributed by atoms with E-state index in [4.69, 9.17) is 0 Å². The van der Waals surface area contributed by atoms with Crippen LogP contribution in [0.2, 0.25) is 0 Å². The summed E-state index contributed by atoms with van der Waals surface area (Å²) < 4.78 is 38.6. The number of anilines is 2. The van der Waals surface area contributed by atoms with E-state index in [0.717, 1.165) is 43.3 Å². The molecule has 0 radical (unpaired) electrons. The van der Waals surface area contributed by atoms with Crippen molar-refractivity contribution in [1.29, 1.82) is 0 Å². The second kappa shape index (κ2) is 6.81. The smallest absolute Gasteiger partial charge is 0.355 e. The molecule has 1 fully saturated rings. The summed E-state index contributed by atoms with van der Waals surface area (Å²) >= 11 is 0. The van der Waals surface area contributed by atoms with Crippen LogP contribution in [0.25, 0.3) is 0 Å². The topological polar surface area (TPSA) is 58.0 Å². The second-order valence-electron chi connectivity index (χ2n) is 6.13. The van der Waals surface area contributed by atoms with E-state index in [1.54, 1.807) is 24.3 Å². The van der Waals surface area contributed by atoms with Gasteiger partial charge in [0.1, 0.15) is 23.7 Å². The van der Waals surface area contributed by atoms with E-state index in [1.165, 1.54) is 0 Å². The van der Waals surface area contributed by atoms with Crippen molar-refractivity contribution in [3.05, 3.63) is 36.2 Å². The van der Waals surface area contributed by atoms with Crippen molar-refractivity contribution in [2.45, 2.75) is 32.0 Å². The van der Waals surface area contributed by atoms with Crippen LogP contribution in [0.3, 0.4) is 0 Å². The number of aryl methyl sites for hydroxylation is 1. The maximum atomic E-state index is 12.9. The third kappa shape index (κ3) is 3.97. The Morgan fingerprint density at radius 2 is 2.04 bits per heavy atom. The zero-order chi connectivity index (χ0) is 18.0. The van der Waals surface area contributed by atoms with E-state index < -0.39 is 11.9 Å². The Balaban J connectivity index is 1.77. The summed E-state index contributed by atoms with van der Waals surface area (Å²) in [6.45, 7) is 3.38. The molecule has 2 aromatic heterocycles. The number of likely N-dealkylation sites (N-methyl/N-ethyl adjacent to an activating group) is 1. The molecule has 1 atom stereocenters. The highest BCUT2D eigenvalue weighted by molar-refractivity contribution is 5.43. The molecule has 6 nitrogen and oxygen atoms in total. The highest BCUT2D eigenvalue weighted by atomic mass is 19.4. The van der Waals surface area contributed by atoms with Gasteiger partial charge in [0.2, 0.25) is 0 Å². The van der Waals surface area contributed by atoms with Crippen LogP contribution in [0.5, 0.6) is 0 Å². The molecule has 2 aromatic rings. The predicted octanol–water partition coefficient (Wildman–Crippen LogP) is 2.70. The Labute approximate surface area is 143 Å². The summed E-state index contributed by atoms with van der Waals surface area (Å²) in [7, 11) is 1.76. The molecular weight excluding hydrogens is 333 g/mol. The maximum Gasteiger partial charge on any atom is 0.433 e. The van der Waals surface area contributed by atoms with E-state index in [0.29, 0.717) is 6.54 Å². The molecule has 0 spiro atoms. The molecule has 1 aliphatic heterocycles. The number of halogens is 3. The minimum atomic E-state index is -4.48. The molecule has 0 amide bonds. The molecule has 3 rings (SSSR count).